The summed E-state index contributed by atoms with van der Waals surface area (Å²) in [6.07, 6.45) is 10.0. The Hall–Kier alpha value is -1.57. The molecular weight excluding hydrogens is 210 g/mol. The molecule has 1 aromatic rings. The van der Waals surface area contributed by atoms with Gasteiger partial charge in [-0.25, -0.2) is 0 Å². The van der Waals surface area contributed by atoms with E-state index in [1.165, 1.54) is 17.7 Å². The highest BCUT2D eigenvalue weighted by Gasteiger charge is 2.02. The molecule has 2 heteroatoms. The second-order valence-corrected chi connectivity index (χ2v) is 4.32. The highest BCUT2D eigenvalue weighted by atomic mass is 16.6. The van der Waals surface area contributed by atoms with Crippen LogP contribution in [0.1, 0.15) is 37.7 Å². The Kier molecular flexibility index (Phi) is 4.83. The van der Waals surface area contributed by atoms with E-state index in [0.717, 1.165) is 25.7 Å². The second-order valence-electron chi connectivity index (χ2n) is 4.32. The summed E-state index contributed by atoms with van der Waals surface area (Å²) in [4.78, 5) is 5.42. The SMILES string of the molecule is C1=C/CC/C(=N\OCc2ccccc2)CCC/1. The number of benzene rings is 1. The van der Waals surface area contributed by atoms with E-state index in [0.29, 0.717) is 6.61 Å². The molecule has 0 N–H and O–H groups in total. The zero-order valence-electron chi connectivity index (χ0n) is 10.1. The minimum Gasteiger partial charge on any atom is -0.391 e. The molecule has 0 atom stereocenters. The Labute approximate surface area is 103 Å². The van der Waals surface area contributed by atoms with E-state index < -0.39 is 0 Å². The molecule has 0 aromatic heterocycles. The van der Waals surface area contributed by atoms with Crippen molar-refractivity contribution in [3.63, 3.8) is 0 Å². The highest BCUT2D eigenvalue weighted by molar-refractivity contribution is 5.84. The summed E-state index contributed by atoms with van der Waals surface area (Å²) in [5, 5.41) is 4.26. The molecule has 1 aliphatic rings. The average molecular weight is 229 g/mol. The maximum atomic E-state index is 5.42. The van der Waals surface area contributed by atoms with Crippen molar-refractivity contribution in [2.45, 2.75) is 38.7 Å². The molecule has 0 aliphatic heterocycles. The standard InChI is InChI=1S/C15H19NO/c1-2-7-11-15(12-8-3-1)16-17-13-14-9-5-4-6-10-14/h1-2,4-6,9-10H,3,7-8,11-13H2/b2-1+,16-15+. The van der Waals surface area contributed by atoms with Gasteiger partial charge in [-0.1, -0.05) is 47.6 Å². The maximum Gasteiger partial charge on any atom is 0.142 e. The lowest BCUT2D eigenvalue weighted by molar-refractivity contribution is 0.129. The number of hydrogen-bond acceptors (Lipinski definition) is 2. The molecule has 0 saturated heterocycles. The monoisotopic (exact) mass is 229 g/mol. The van der Waals surface area contributed by atoms with Gasteiger partial charge in [-0.3, -0.25) is 0 Å². The van der Waals surface area contributed by atoms with Crippen LogP contribution in [-0.4, -0.2) is 5.71 Å². The number of allylic oxidation sites excluding steroid dienone is 2. The van der Waals surface area contributed by atoms with E-state index in [4.69, 9.17) is 4.84 Å². The van der Waals surface area contributed by atoms with Crippen molar-refractivity contribution in [3.05, 3.63) is 48.0 Å². The number of hydrogen-bond donors (Lipinski definition) is 0. The quantitative estimate of drug-likeness (QED) is 0.565. The first-order valence-corrected chi connectivity index (χ1v) is 6.32. The van der Waals surface area contributed by atoms with Gasteiger partial charge in [-0.15, -0.1) is 0 Å². The van der Waals surface area contributed by atoms with Gasteiger partial charge in [0.25, 0.3) is 0 Å². The minimum absolute atomic E-state index is 0.570. The number of nitrogens with zero attached hydrogens (tertiary/aromatic N) is 1. The van der Waals surface area contributed by atoms with E-state index >= 15 is 0 Å². The van der Waals surface area contributed by atoms with Crippen molar-refractivity contribution in [2.75, 3.05) is 0 Å². The van der Waals surface area contributed by atoms with E-state index in [9.17, 15) is 0 Å². The Balaban J connectivity index is 1.81. The van der Waals surface area contributed by atoms with Crippen LogP contribution in [0.5, 0.6) is 0 Å². The Morgan fingerprint density at radius 1 is 1.00 bits per heavy atom. The van der Waals surface area contributed by atoms with Gasteiger partial charge in [0.15, 0.2) is 0 Å². The molecule has 0 unspecified atom stereocenters. The lowest BCUT2D eigenvalue weighted by atomic mass is 10.0. The molecular formula is C15H19NO. The van der Waals surface area contributed by atoms with E-state index in [1.54, 1.807) is 0 Å². The topological polar surface area (TPSA) is 21.6 Å². The fraction of sp³-hybridized carbons (Fsp3) is 0.400. The first kappa shape index (κ1) is 11.9. The van der Waals surface area contributed by atoms with Crippen LogP contribution < -0.4 is 0 Å². The summed E-state index contributed by atoms with van der Waals surface area (Å²) in [6, 6.07) is 10.2. The molecule has 1 aliphatic carbocycles. The molecule has 90 valence electrons. The second kappa shape index (κ2) is 6.89. The number of rotatable bonds is 3. The molecule has 0 fully saturated rings. The van der Waals surface area contributed by atoms with Crippen molar-refractivity contribution in [1.82, 2.24) is 0 Å². The first-order chi connectivity index (χ1) is 8.45. The minimum atomic E-state index is 0.570. The van der Waals surface area contributed by atoms with Crippen molar-refractivity contribution in [2.24, 2.45) is 5.16 Å². The molecule has 1 aromatic carbocycles. The van der Waals surface area contributed by atoms with Crippen molar-refractivity contribution >= 4 is 5.71 Å². The fourth-order valence-corrected chi connectivity index (χ4v) is 1.90. The van der Waals surface area contributed by atoms with Gasteiger partial charge in [-0.2, -0.15) is 0 Å². The average Bonchev–Trinajstić information content (AvgIpc) is 2.33. The van der Waals surface area contributed by atoms with Crippen molar-refractivity contribution < 1.29 is 4.84 Å². The number of oxime groups is 1. The zero-order chi connectivity index (χ0) is 11.8. The van der Waals surface area contributed by atoms with Gasteiger partial charge < -0.3 is 4.84 Å². The van der Waals surface area contributed by atoms with Gasteiger partial charge in [0.1, 0.15) is 6.61 Å². The van der Waals surface area contributed by atoms with E-state index in [2.05, 4.69) is 29.4 Å². The summed E-state index contributed by atoms with van der Waals surface area (Å²) in [7, 11) is 0. The lowest BCUT2D eigenvalue weighted by Crippen LogP contribution is -2.01. The third-order valence-corrected chi connectivity index (χ3v) is 2.87. The Morgan fingerprint density at radius 3 is 2.71 bits per heavy atom. The van der Waals surface area contributed by atoms with Gasteiger partial charge in [-0.05, 0) is 37.7 Å². The van der Waals surface area contributed by atoms with E-state index in [1.807, 2.05) is 18.2 Å². The summed E-state index contributed by atoms with van der Waals surface area (Å²) in [5.41, 5.74) is 2.37. The van der Waals surface area contributed by atoms with Gasteiger partial charge >= 0.3 is 0 Å². The normalized spacial score (nSPS) is 20.6. The van der Waals surface area contributed by atoms with Crippen LogP contribution in [-0.2, 0) is 11.4 Å². The summed E-state index contributed by atoms with van der Waals surface area (Å²) >= 11 is 0. The molecule has 0 amide bonds. The van der Waals surface area contributed by atoms with Gasteiger partial charge in [0.2, 0.25) is 0 Å². The van der Waals surface area contributed by atoms with Crippen LogP contribution >= 0.6 is 0 Å². The summed E-state index contributed by atoms with van der Waals surface area (Å²) in [6.45, 7) is 0.570. The largest absolute Gasteiger partial charge is 0.391 e. The molecule has 0 spiro atoms. The maximum absolute atomic E-state index is 5.42. The van der Waals surface area contributed by atoms with Crippen LogP contribution in [0.4, 0.5) is 0 Å². The molecule has 0 bridgehead atoms. The summed E-state index contributed by atoms with van der Waals surface area (Å²) in [5.74, 6) is 0. The lowest BCUT2D eigenvalue weighted by Gasteiger charge is -2.07. The third-order valence-electron chi connectivity index (χ3n) is 2.87. The molecule has 0 saturated carbocycles. The van der Waals surface area contributed by atoms with Gasteiger partial charge in [0.05, 0.1) is 5.71 Å². The first-order valence-electron chi connectivity index (χ1n) is 6.32. The highest BCUT2D eigenvalue weighted by Crippen LogP contribution is 2.10. The zero-order valence-corrected chi connectivity index (χ0v) is 10.1. The Morgan fingerprint density at radius 2 is 1.82 bits per heavy atom. The van der Waals surface area contributed by atoms with E-state index in [-0.39, 0.29) is 0 Å². The predicted octanol–water partition coefficient (Wildman–Crippen LogP) is 4.08. The molecule has 17 heavy (non-hydrogen) atoms. The molecule has 0 radical (unpaired) electrons. The van der Waals surface area contributed by atoms with Gasteiger partial charge in [0, 0.05) is 0 Å². The Bertz CT molecular complexity index is 381. The smallest absolute Gasteiger partial charge is 0.142 e. The molecule has 2 rings (SSSR count). The van der Waals surface area contributed by atoms with Crippen LogP contribution in [0.15, 0.2) is 47.6 Å². The van der Waals surface area contributed by atoms with Crippen LogP contribution in [0, 0.1) is 0 Å². The third kappa shape index (κ3) is 4.43. The van der Waals surface area contributed by atoms with Crippen LogP contribution in [0.3, 0.4) is 0 Å². The predicted molar refractivity (Wildman–Crippen MR) is 70.9 cm³/mol. The molecule has 0 heterocycles. The molecule has 2 nitrogen and oxygen atoms in total. The summed E-state index contributed by atoms with van der Waals surface area (Å²) < 4.78 is 0. The van der Waals surface area contributed by atoms with Crippen LogP contribution in [0.25, 0.3) is 0 Å². The van der Waals surface area contributed by atoms with Crippen molar-refractivity contribution in [1.29, 1.82) is 0 Å². The van der Waals surface area contributed by atoms with Crippen molar-refractivity contribution in [3.8, 4) is 0 Å². The van der Waals surface area contributed by atoms with Crippen LogP contribution in [0.2, 0.25) is 0 Å². The fourth-order valence-electron chi connectivity index (χ4n) is 1.90.